The number of benzene rings is 1. The lowest BCUT2D eigenvalue weighted by molar-refractivity contribution is 0.213. The van der Waals surface area contributed by atoms with Crippen LogP contribution in [0, 0.1) is 0 Å². The molecule has 0 fully saturated rings. The summed E-state index contributed by atoms with van der Waals surface area (Å²) in [5.74, 6) is 1.20. The quantitative estimate of drug-likeness (QED) is 0.906. The number of rotatable bonds is 4. The highest BCUT2D eigenvalue weighted by atomic mass is 32.1. The van der Waals surface area contributed by atoms with Crippen LogP contribution in [-0.4, -0.2) is 19.3 Å². The van der Waals surface area contributed by atoms with Crippen LogP contribution in [-0.2, 0) is 0 Å². The van der Waals surface area contributed by atoms with Crippen molar-refractivity contribution in [3.05, 3.63) is 46.2 Å². The molecular weight excluding hydrogens is 236 g/mol. The zero-order valence-corrected chi connectivity index (χ0v) is 10.5. The van der Waals surface area contributed by atoms with Gasteiger partial charge >= 0.3 is 0 Å². The van der Waals surface area contributed by atoms with Gasteiger partial charge < -0.3 is 14.6 Å². The highest BCUT2D eigenvalue weighted by molar-refractivity contribution is 7.07. The van der Waals surface area contributed by atoms with Crippen LogP contribution in [0.3, 0.4) is 0 Å². The van der Waals surface area contributed by atoms with Gasteiger partial charge in [0.25, 0.3) is 0 Å². The van der Waals surface area contributed by atoms with E-state index in [0.717, 1.165) is 5.56 Å². The number of aliphatic hydroxyl groups is 1. The fourth-order valence-electron chi connectivity index (χ4n) is 1.74. The molecule has 0 saturated carbocycles. The molecule has 1 N–H and O–H groups in total. The lowest BCUT2D eigenvalue weighted by Gasteiger charge is -2.16. The van der Waals surface area contributed by atoms with E-state index in [-0.39, 0.29) is 0 Å². The first kappa shape index (κ1) is 12.0. The van der Waals surface area contributed by atoms with Crippen LogP contribution < -0.4 is 9.47 Å². The topological polar surface area (TPSA) is 38.7 Å². The molecule has 90 valence electrons. The molecule has 0 spiro atoms. The Hall–Kier alpha value is -1.52. The van der Waals surface area contributed by atoms with Crippen molar-refractivity contribution in [2.75, 3.05) is 14.2 Å². The Bertz CT molecular complexity index is 479. The average Bonchev–Trinajstić information content (AvgIpc) is 2.90. The maximum atomic E-state index is 10.3. The van der Waals surface area contributed by atoms with Crippen LogP contribution in [0.25, 0.3) is 0 Å². The first-order valence-corrected chi connectivity index (χ1v) is 6.13. The van der Waals surface area contributed by atoms with Crippen LogP contribution in [0.4, 0.5) is 0 Å². The molecule has 2 aromatic rings. The van der Waals surface area contributed by atoms with Gasteiger partial charge in [0.15, 0.2) is 11.5 Å². The first-order chi connectivity index (χ1) is 8.27. The zero-order valence-electron chi connectivity index (χ0n) is 9.71. The number of thiophene rings is 1. The average molecular weight is 250 g/mol. The molecule has 0 aliphatic heterocycles. The maximum Gasteiger partial charge on any atom is 0.166 e. The number of hydrogen-bond acceptors (Lipinski definition) is 4. The van der Waals surface area contributed by atoms with Crippen LogP contribution in [0.1, 0.15) is 17.2 Å². The predicted octanol–water partition coefficient (Wildman–Crippen LogP) is 2.85. The summed E-state index contributed by atoms with van der Waals surface area (Å²) >= 11 is 1.55. The molecule has 0 aliphatic rings. The van der Waals surface area contributed by atoms with Gasteiger partial charge in [0.1, 0.15) is 6.10 Å². The molecule has 0 aliphatic carbocycles. The summed E-state index contributed by atoms with van der Waals surface area (Å²) < 4.78 is 10.5. The molecule has 1 aromatic heterocycles. The van der Waals surface area contributed by atoms with Crippen molar-refractivity contribution in [1.29, 1.82) is 0 Å². The predicted molar refractivity (Wildman–Crippen MR) is 67.9 cm³/mol. The van der Waals surface area contributed by atoms with Crippen molar-refractivity contribution >= 4 is 11.3 Å². The molecular formula is C13H14O3S. The van der Waals surface area contributed by atoms with E-state index in [1.165, 1.54) is 0 Å². The molecule has 0 amide bonds. The van der Waals surface area contributed by atoms with Crippen molar-refractivity contribution in [3.63, 3.8) is 0 Å². The van der Waals surface area contributed by atoms with E-state index in [1.807, 2.05) is 35.0 Å². The summed E-state index contributed by atoms with van der Waals surface area (Å²) in [6, 6.07) is 7.38. The van der Waals surface area contributed by atoms with Gasteiger partial charge in [-0.3, -0.25) is 0 Å². The first-order valence-electron chi connectivity index (χ1n) is 5.19. The second-order valence-corrected chi connectivity index (χ2v) is 4.32. The fourth-order valence-corrected chi connectivity index (χ4v) is 2.42. The van der Waals surface area contributed by atoms with Crippen molar-refractivity contribution < 1.29 is 14.6 Å². The molecule has 1 atom stereocenters. The van der Waals surface area contributed by atoms with E-state index in [2.05, 4.69) is 0 Å². The number of aliphatic hydroxyl groups excluding tert-OH is 1. The van der Waals surface area contributed by atoms with Crippen molar-refractivity contribution in [1.82, 2.24) is 0 Å². The lowest BCUT2D eigenvalue weighted by atomic mass is 10.0. The SMILES string of the molecule is COc1cccc(C(O)c2ccsc2)c1OC. The van der Waals surface area contributed by atoms with Crippen LogP contribution in [0.5, 0.6) is 11.5 Å². The Morgan fingerprint density at radius 2 is 2.00 bits per heavy atom. The summed E-state index contributed by atoms with van der Waals surface area (Å²) in [6.45, 7) is 0. The fraction of sp³-hybridized carbons (Fsp3) is 0.231. The Morgan fingerprint density at radius 1 is 1.18 bits per heavy atom. The summed E-state index contributed by atoms with van der Waals surface area (Å²) in [7, 11) is 3.15. The summed E-state index contributed by atoms with van der Waals surface area (Å²) in [4.78, 5) is 0. The molecule has 1 aromatic carbocycles. The van der Waals surface area contributed by atoms with Crippen LogP contribution in [0.2, 0.25) is 0 Å². The Morgan fingerprint density at radius 3 is 2.59 bits per heavy atom. The van der Waals surface area contributed by atoms with Gasteiger partial charge in [-0.05, 0) is 28.5 Å². The monoisotopic (exact) mass is 250 g/mol. The Balaban J connectivity index is 2.44. The van der Waals surface area contributed by atoms with Crippen molar-refractivity contribution in [3.8, 4) is 11.5 Å². The van der Waals surface area contributed by atoms with Gasteiger partial charge in [0.2, 0.25) is 0 Å². The highest BCUT2D eigenvalue weighted by Crippen LogP contribution is 2.37. The van der Waals surface area contributed by atoms with Gasteiger partial charge in [-0.25, -0.2) is 0 Å². The molecule has 0 saturated heterocycles. The minimum Gasteiger partial charge on any atom is -0.493 e. The molecule has 0 bridgehead atoms. The summed E-state index contributed by atoms with van der Waals surface area (Å²) in [6.07, 6.45) is -0.689. The van der Waals surface area contributed by atoms with E-state index >= 15 is 0 Å². The van der Waals surface area contributed by atoms with E-state index in [0.29, 0.717) is 17.1 Å². The van der Waals surface area contributed by atoms with Gasteiger partial charge in [0, 0.05) is 5.56 Å². The third-order valence-electron chi connectivity index (χ3n) is 2.59. The largest absolute Gasteiger partial charge is 0.493 e. The van der Waals surface area contributed by atoms with E-state index in [4.69, 9.17) is 9.47 Å². The van der Waals surface area contributed by atoms with Gasteiger partial charge in [-0.2, -0.15) is 11.3 Å². The normalized spacial score (nSPS) is 12.2. The minimum absolute atomic E-state index is 0.578. The number of para-hydroxylation sites is 1. The molecule has 2 rings (SSSR count). The molecule has 1 unspecified atom stereocenters. The highest BCUT2D eigenvalue weighted by Gasteiger charge is 2.18. The number of methoxy groups -OCH3 is 2. The van der Waals surface area contributed by atoms with Crippen molar-refractivity contribution in [2.24, 2.45) is 0 Å². The maximum absolute atomic E-state index is 10.3. The van der Waals surface area contributed by atoms with Gasteiger partial charge in [-0.15, -0.1) is 0 Å². The minimum atomic E-state index is -0.689. The molecule has 17 heavy (non-hydrogen) atoms. The van der Waals surface area contributed by atoms with Crippen LogP contribution >= 0.6 is 11.3 Å². The smallest absolute Gasteiger partial charge is 0.166 e. The van der Waals surface area contributed by atoms with E-state index in [1.54, 1.807) is 25.6 Å². The Labute approximate surface area is 104 Å². The second-order valence-electron chi connectivity index (χ2n) is 3.54. The summed E-state index contributed by atoms with van der Waals surface area (Å²) in [5, 5.41) is 14.1. The molecule has 3 nitrogen and oxygen atoms in total. The van der Waals surface area contributed by atoms with Gasteiger partial charge in [0.05, 0.1) is 14.2 Å². The molecule has 4 heteroatoms. The van der Waals surface area contributed by atoms with Crippen LogP contribution in [0.15, 0.2) is 35.0 Å². The van der Waals surface area contributed by atoms with Crippen molar-refractivity contribution in [2.45, 2.75) is 6.10 Å². The molecule has 0 radical (unpaired) electrons. The number of ether oxygens (including phenoxy) is 2. The molecule has 1 heterocycles. The second kappa shape index (κ2) is 5.21. The van der Waals surface area contributed by atoms with E-state index < -0.39 is 6.10 Å². The summed E-state index contributed by atoms with van der Waals surface area (Å²) in [5.41, 5.74) is 1.58. The van der Waals surface area contributed by atoms with E-state index in [9.17, 15) is 5.11 Å². The third-order valence-corrected chi connectivity index (χ3v) is 3.29. The standard InChI is InChI=1S/C13H14O3S/c1-15-11-5-3-4-10(13(11)16-2)12(14)9-6-7-17-8-9/h3-8,12,14H,1-2H3. The Kier molecular flexibility index (Phi) is 3.66. The lowest BCUT2D eigenvalue weighted by Crippen LogP contribution is -2.02. The number of hydrogen-bond donors (Lipinski definition) is 1. The zero-order chi connectivity index (χ0) is 12.3. The van der Waals surface area contributed by atoms with Gasteiger partial charge in [-0.1, -0.05) is 12.1 Å². The third kappa shape index (κ3) is 2.28.